The minimum Gasteiger partial charge on any atom is -0.480 e. The molecule has 0 saturated heterocycles. The summed E-state index contributed by atoms with van der Waals surface area (Å²) in [6.07, 6.45) is 7.88. The van der Waals surface area contributed by atoms with Gasteiger partial charge in [0, 0.05) is 13.1 Å². The van der Waals surface area contributed by atoms with Gasteiger partial charge in [-0.15, -0.1) is 0 Å². The molecule has 2 saturated carbocycles. The number of hydrogen-bond donors (Lipinski definition) is 1. The van der Waals surface area contributed by atoms with Crippen LogP contribution in [0.3, 0.4) is 0 Å². The van der Waals surface area contributed by atoms with Crippen LogP contribution in [0, 0.1) is 17.8 Å². The van der Waals surface area contributed by atoms with Crippen molar-refractivity contribution in [3.05, 3.63) is 0 Å². The Kier molecular flexibility index (Phi) is 4.43. The van der Waals surface area contributed by atoms with Gasteiger partial charge in [0.25, 0.3) is 0 Å². The number of nitrogens with zero attached hydrogens (tertiary/aromatic N) is 1. The van der Waals surface area contributed by atoms with E-state index in [1.165, 1.54) is 38.5 Å². The molecule has 3 nitrogen and oxygen atoms in total. The smallest absolute Gasteiger partial charge is 0.317 e. The number of aliphatic carboxylic acids is 1. The third-order valence-electron chi connectivity index (χ3n) is 4.13. The molecule has 0 aromatic carbocycles. The molecule has 1 N–H and O–H groups in total. The first-order valence-corrected chi connectivity index (χ1v) is 7.07. The molecular formula is C14H25NO2. The van der Waals surface area contributed by atoms with E-state index in [9.17, 15) is 4.79 Å². The van der Waals surface area contributed by atoms with Crippen LogP contribution >= 0.6 is 0 Å². The topological polar surface area (TPSA) is 40.5 Å². The largest absolute Gasteiger partial charge is 0.480 e. The highest BCUT2D eigenvalue weighted by Gasteiger charge is 2.28. The summed E-state index contributed by atoms with van der Waals surface area (Å²) >= 11 is 0. The molecule has 0 amide bonds. The maximum Gasteiger partial charge on any atom is 0.317 e. The summed E-state index contributed by atoms with van der Waals surface area (Å²) in [6, 6.07) is 0. The van der Waals surface area contributed by atoms with Crippen LogP contribution in [0.1, 0.15) is 45.4 Å². The predicted molar refractivity (Wildman–Crippen MR) is 67.9 cm³/mol. The second kappa shape index (κ2) is 5.85. The lowest BCUT2D eigenvalue weighted by molar-refractivity contribution is -0.138. The minimum absolute atomic E-state index is 0.237. The molecule has 2 aliphatic carbocycles. The summed E-state index contributed by atoms with van der Waals surface area (Å²) in [5.41, 5.74) is 0. The molecule has 0 aromatic heterocycles. The zero-order valence-electron chi connectivity index (χ0n) is 10.9. The third-order valence-corrected chi connectivity index (χ3v) is 4.13. The second-order valence-electron chi connectivity index (χ2n) is 6.17. The molecule has 2 unspecified atom stereocenters. The van der Waals surface area contributed by atoms with Crippen LogP contribution in [0.4, 0.5) is 0 Å². The number of carbonyl (C=O) groups is 1. The fourth-order valence-electron chi connectivity index (χ4n) is 3.15. The van der Waals surface area contributed by atoms with E-state index in [0.717, 1.165) is 30.8 Å². The van der Waals surface area contributed by atoms with Gasteiger partial charge in [-0.1, -0.05) is 19.8 Å². The Morgan fingerprint density at radius 2 is 1.88 bits per heavy atom. The van der Waals surface area contributed by atoms with Crippen LogP contribution in [-0.4, -0.2) is 35.6 Å². The van der Waals surface area contributed by atoms with Gasteiger partial charge in [0.15, 0.2) is 0 Å². The zero-order chi connectivity index (χ0) is 12.3. The first kappa shape index (κ1) is 12.9. The maximum absolute atomic E-state index is 10.9. The molecule has 2 fully saturated rings. The molecule has 0 spiro atoms. The van der Waals surface area contributed by atoms with Crippen molar-refractivity contribution in [1.82, 2.24) is 4.90 Å². The average molecular weight is 239 g/mol. The molecule has 0 aromatic rings. The van der Waals surface area contributed by atoms with Gasteiger partial charge in [0.2, 0.25) is 0 Å². The molecule has 0 aliphatic heterocycles. The summed E-state index contributed by atoms with van der Waals surface area (Å²) < 4.78 is 0. The highest BCUT2D eigenvalue weighted by atomic mass is 16.4. The van der Waals surface area contributed by atoms with E-state index in [-0.39, 0.29) is 6.54 Å². The lowest BCUT2D eigenvalue weighted by Crippen LogP contribution is -2.37. The molecule has 2 rings (SSSR count). The quantitative estimate of drug-likeness (QED) is 0.774. The van der Waals surface area contributed by atoms with Crippen LogP contribution in [0.15, 0.2) is 0 Å². The Labute approximate surface area is 104 Å². The van der Waals surface area contributed by atoms with Crippen LogP contribution in [-0.2, 0) is 4.79 Å². The van der Waals surface area contributed by atoms with Gasteiger partial charge < -0.3 is 5.11 Å². The van der Waals surface area contributed by atoms with Gasteiger partial charge in [-0.05, 0) is 43.4 Å². The molecule has 0 bridgehead atoms. The zero-order valence-corrected chi connectivity index (χ0v) is 10.9. The van der Waals surface area contributed by atoms with Crippen molar-refractivity contribution in [3.63, 3.8) is 0 Å². The number of carboxylic acids is 1. The van der Waals surface area contributed by atoms with Gasteiger partial charge in [0.1, 0.15) is 0 Å². The van der Waals surface area contributed by atoms with E-state index in [4.69, 9.17) is 5.11 Å². The predicted octanol–water partition coefficient (Wildman–Crippen LogP) is 2.61. The standard InChI is InChI=1S/C14H25NO2/c1-11-3-2-4-13(7-11)9-15(10-14(16)17)8-12-5-6-12/h11-13H,2-10H2,1H3,(H,16,17). The molecule has 98 valence electrons. The molecule has 0 heterocycles. The number of rotatable bonds is 6. The molecule has 3 heteroatoms. The first-order chi connectivity index (χ1) is 8.13. The van der Waals surface area contributed by atoms with Crippen LogP contribution in [0.2, 0.25) is 0 Å². The Morgan fingerprint density at radius 3 is 2.47 bits per heavy atom. The average Bonchev–Trinajstić information content (AvgIpc) is 3.00. The van der Waals surface area contributed by atoms with E-state index in [1.807, 2.05) is 0 Å². The summed E-state index contributed by atoms with van der Waals surface area (Å²) in [7, 11) is 0. The van der Waals surface area contributed by atoms with Crippen molar-refractivity contribution in [2.75, 3.05) is 19.6 Å². The summed E-state index contributed by atoms with van der Waals surface area (Å²) in [5.74, 6) is 1.68. The highest BCUT2D eigenvalue weighted by Crippen LogP contribution is 2.32. The van der Waals surface area contributed by atoms with Gasteiger partial charge in [0.05, 0.1) is 6.54 Å². The van der Waals surface area contributed by atoms with E-state index in [0.29, 0.717) is 0 Å². The van der Waals surface area contributed by atoms with Crippen LogP contribution in [0.25, 0.3) is 0 Å². The van der Waals surface area contributed by atoms with E-state index in [1.54, 1.807) is 0 Å². The van der Waals surface area contributed by atoms with Gasteiger partial charge in [-0.25, -0.2) is 0 Å². The highest BCUT2D eigenvalue weighted by molar-refractivity contribution is 5.69. The minimum atomic E-state index is -0.672. The molecule has 17 heavy (non-hydrogen) atoms. The van der Waals surface area contributed by atoms with Crippen LogP contribution in [0.5, 0.6) is 0 Å². The van der Waals surface area contributed by atoms with Gasteiger partial charge in [-0.2, -0.15) is 0 Å². The van der Waals surface area contributed by atoms with Crippen molar-refractivity contribution >= 4 is 5.97 Å². The van der Waals surface area contributed by atoms with E-state index < -0.39 is 5.97 Å². The van der Waals surface area contributed by atoms with Crippen LogP contribution < -0.4 is 0 Å². The molecule has 2 atom stereocenters. The third kappa shape index (κ3) is 4.66. The summed E-state index contributed by atoms with van der Waals surface area (Å²) in [6.45, 7) is 4.58. The fourth-order valence-corrected chi connectivity index (χ4v) is 3.15. The van der Waals surface area contributed by atoms with Crippen molar-refractivity contribution in [2.45, 2.75) is 45.4 Å². The molecular weight excluding hydrogens is 214 g/mol. The molecule has 0 radical (unpaired) electrons. The monoisotopic (exact) mass is 239 g/mol. The maximum atomic E-state index is 10.9. The lowest BCUT2D eigenvalue weighted by Gasteiger charge is -2.31. The van der Waals surface area contributed by atoms with E-state index >= 15 is 0 Å². The SMILES string of the molecule is CC1CCCC(CN(CC(=O)O)CC2CC2)C1. The van der Waals surface area contributed by atoms with Gasteiger partial charge in [-0.3, -0.25) is 9.69 Å². The number of hydrogen-bond acceptors (Lipinski definition) is 2. The molecule has 2 aliphatic rings. The Hall–Kier alpha value is -0.570. The Balaban J connectivity index is 1.79. The van der Waals surface area contributed by atoms with E-state index in [2.05, 4.69) is 11.8 Å². The number of carboxylic acid groups (broad SMARTS) is 1. The Bertz CT molecular complexity index is 263. The van der Waals surface area contributed by atoms with Crippen molar-refractivity contribution in [1.29, 1.82) is 0 Å². The lowest BCUT2D eigenvalue weighted by atomic mass is 9.82. The van der Waals surface area contributed by atoms with Crippen molar-refractivity contribution < 1.29 is 9.90 Å². The fraction of sp³-hybridized carbons (Fsp3) is 0.929. The normalized spacial score (nSPS) is 29.5. The second-order valence-corrected chi connectivity index (χ2v) is 6.17. The van der Waals surface area contributed by atoms with Gasteiger partial charge >= 0.3 is 5.97 Å². The summed E-state index contributed by atoms with van der Waals surface area (Å²) in [4.78, 5) is 13.1. The summed E-state index contributed by atoms with van der Waals surface area (Å²) in [5, 5.41) is 8.96. The first-order valence-electron chi connectivity index (χ1n) is 7.07. The Morgan fingerprint density at radius 1 is 1.18 bits per heavy atom. The van der Waals surface area contributed by atoms with Crippen molar-refractivity contribution in [3.8, 4) is 0 Å². The van der Waals surface area contributed by atoms with Crippen molar-refractivity contribution in [2.24, 2.45) is 17.8 Å².